The highest BCUT2D eigenvalue weighted by atomic mass is 35.5. The number of hydrogen-bond acceptors (Lipinski definition) is 7. The molecule has 0 saturated carbocycles. The minimum absolute atomic E-state index is 0.0441. The molecule has 2 aromatic heterocycles. The molecule has 0 aliphatic carbocycles. The lowest BCUT2D eigenvalue weighted by molar-refractivity contribution is -0.137. The van der Waals surface area contributed by atoms with Crippen LogP contribution in [-0.2, 0) is 6.18 Å². The molecule has 3 heterocycles. The van der Waals surface area contributed by atoms with Crippen LogP contribution in [0.2, 0.25) is 5.02 Å². The summed E-state index contributed by atoms with van der Waals surface area (Å²) in [6.07, 6.45) is -3.14. The second-order valence-corrected chi connectivity index (χ2v) is 8.44. The highest BCUT2D eigenvalue weighted by molar-refractivity contribution is 6.31. The minimum atomic E-state index is -4.50. The third-order valence-corrected chi connectivity index (χ3v) is 5.98. The molecule has 4 rings (SSSR count). The zero-order valence-corrected chi connectivity index (χ0v) is 19.6. The lowest BCUT2D eigenvalue weighted by atomic mass is 10.1. The van der Waals surface area contributed by atoms with Crippen molar-refractivity contribution in [3.05, 3.63) is 59.0 Å². The number of rotatable bonds is 6. The topological polar surface area (TPSA) is 68.6 Å². The highest BCUT2D eigenvalue weighted by Gasteiger charge is 2.36. The zero-order valence-electron chi connectivity index (χ0n) is 18.8. The SMILES string of the molecule is CN(CCO)c1nc(-c2ccc(F)c(Cl)c2)cc(N2CCN(c3ncccc3C(F)(F)F)CC2)n1. The Labute approximate surface area is 204 Å². The van der Waals surface area contributed by atoms with Crippen LogP contribution in [0.3, 0.4) is 0 Å². The van der Waals surface area contributed by atoms with Crippen LogP contribution in [0.5, 0.6) is 0 Å². The Balaban J connectivity index is 1.62. The molecular weight excluding hydrogens is 488 g/mol. The van der Waals surface area contributed by atoms with Gasteiger partial charge in [0.1, 0.15) is 17.5 Å². The maximum atomic E-state index is 13.7. The van der Waals surface area contributed by atoms with Crippen LogP contribution in [0.15, 0.2) is 42.6 Å². The number of anilines is 3. The number of halogens is 5. The van der Waals surface area contributed by atoms with Crippen molar-refractivity contribution in [3.63, 3.8) is 0 Å². The number of piperazine rings is 1. The fourth-order valence-electron chi connectivity index (χ4n) is 3.83. The van der Waals surface area contributed by atoms with E-state index in [2.05, 4.69) is 15.0 Å². The van der Waals surface area contributed by atoms with Gasteiger partial charge in [0.25, 0.3) is 0 Å². The number of nitrogens with zero attached hydrogens (tertiary/aromatic N) is 6. The van der Waals surface area contributed by atoms with Crippen LogP contribution in [-0.4, -0.2) is 66.4 Å². The van der Waals surface area contributed by atoms with E-state index in [1.165, 1.54) is 24.4 Å². The number of benzene rings is 1. The first-order chi connectivity index (χ1) is 16.7. The van der Waals surface area contributed by atoms with E-state index in [1.807, 2.05) is 4.90 Å². The van der Waals surface area contributed by atoms with Crippen molar-refractivity contribution in [1.82, 2.24) is 15.0 Å². The van der Waals surface area contributed by atoms with E-state index in [-0.39, 0.29) is 17.4 Å². The molecule has 1 saturated heterocycles. The van der Waals surface area contributed by atoms with E-state index in [0.29, 0.717) is 55.7 Å². The first-order valence-corrected chi connectivity index (χ1v) is 11.2. The van der Waals surface area contributed by atoms with Gasteiger partial charge in [-0.3, -0.25) is 0 Å². The molecule has 0 unspecified atom stereocenters. The summed E-state index contributed by atoms with van der Waals surface area (Å²) in [5, 5.41) is 9.28. The van der Waals surface area contributed by atoms with Crippen molar-refractivity contribution < 1.29 is 22.7 Å². The molecule has 12 heteroatoms. The molecule has 3 aromatic rings. The summed E-state index contributed by atoms with van der Waals surface area (Å²) >= 11 is 5.96. The minimum Gasteiger partial charge on any atom is -0.395 e. The number of hydrogen-bond donors (Lipinski definition) is 1. The fourth-order valence-corrected chi connectivity index (χ4v) is 4.01. The molecule has 35 heavy (non-hydrogen) atoms. The van der Waals surface area contributed by atoms with Crippen LogP contribution in [0.1, 0.15) is 5.56 Å². The Kier molecular flexibility index (Phi) is 7.27. The lowest BCUT2D eigenvalue weighted by Gasteiger charge is -2.37. The molecule has 186 valence electrons. The smallest absolute Gasteiger partial charge is 0.395 e. The molecule has 0 atom stereocenters. The summed E-state index contributed by atoms with van der Waals surface area (Å²) in [5.74, 6) is 0.268. The van der Waals surface area contributed by atoms with Gasteiger partial charge in [-0.1, -0.05) is 11.6 Å². The van der Waals surface area contributed by atoms with E-state index in [4.69, 9.17) is 11.6 Å². The molecule has 0 amide bonds. The molecule has 1 aliphatic rings. The molecule has 1 N–H and O–H groups in total. The number of aliphatic hydroxyl groups is 1. The third kappa shape index (κ3) is 5.57. The molecule has 0 spiro atoms. The average molecular weight is 511 g/mol. The summed E-state index contributed by atoms with van der Waals surface area (Å²) < 4.78 is 54.0. The number of aliphatic hydroxyl groups excluding tert-OH is 1. The number of pyridine rings is 1. The Morgan fingerprint density at radius 2 is 1.77 bits per heavy atom. The second kappa shape index (κ2) is 10.2. The van der Waals surface area contributed by atoms with E-state index in [0.717, 1.165) is 6.07 Å². The Morgan fingerprint density at radius 3 is 2.43 bits per heavy atom. The summed E-state index contributed by atoms with van der Waals surface area (Å²) in [6.45, 7) is 1.61. The zero-order chi connectivity index (χ0) is 25.2. The van der Waals surface area contributed by atoms with E-state index in [1.54, 1.807) is 29.0 Å². The van der Waals surface area contributed by atoms with Gasteiger partial charge in [0.15, 0.2) is 0 Å². The van der Waals surface area contributed by atoms with E-state index in [9.17, 15) is 22.7 Å². The molecule has 0 bridgehead atoms. The summed E-state index contributed by atoms with van der Waals surface area (Å²) in [7, 11) is 1.73. The highest BCUT2D eigenvalue weighted by Crippen LogP contribution is 2.36. The van der Waals surface area contributed by atoms with E-state index < -0.39 is 17.6 Å². The first-order valence-electron chi connectivity index (χ1n) is 10.9. The second-order valence-electron chi connectivity index (χ2n) is 8.03. The normalized spacial score (nSPS) is 14.4. The monoisotopic (exact) mass is 510 g/mol. The van der Waals surface area contributed by atoms with Crippen LogP contribution in [0.25, 0.3) is 11.3 Å². The predicted molar refractivity (Wildman–Crippen MR) is 126 cm³/mol. The number of likely N-dealkylation sites (N-methyl/N-ethyl adjacent to an activating group) is 1. The quantitative estimate of drug-likeness (QED) is 0.501. The van der Waals surface area contributed by atoms with E-state index >= 15 is 0 Å². The van der Waals surface area contributed by atoms with Crippen molar-refractivity contribution in [2.75, 3.05) is 61.1 Å². The van der Waals surface area contributed by atoms with Crippen LogP contribution >= 0.6 is 11.6 Å². The van der Waals surface area contributed by atoms with Gasteiger partial charge in [-0.2, -0.15) is 18.2 Å². The molecule has 0 radical (unpaired) electrons. The van der Waals surface area contributed by atoms with Crippen molar-refractivity contribution in [3.8, 4) is 11.3 Å². The van der Waals surface area contributed by atoms with Gasteiger partial charge in [0.2, 0.25) is 5.95 Å². The maximum absolute atomic E-state index is 13.7. The van der Waals surface area contributed by atoms with Gasteiger partial charge < -0.3 is 19.8 Å². The molecule has 7 nitrogen and oxygen atoms in total. The predicted octanol–water partition coefficient (Wildman–Crippen LogP) is 4.11. The summed E-state index contributed by atoms with van der Waals surface area (Å²) in [4.78, 5) is 18.4. The third-order valence-electron chi connectivity index (χ3n) is 5.69. The van der Waals surface area contributed by atoms with Gasteiger partial charge in [0.05, 0.1) is 22.9 Å². The first kappa shape index (κ1) is 24.9. The van der Waals surface area contributed by atoms with Crippen molar-refractivity contribution in [2.45, 2.75) is 6.18 Å². The van der Waals surface area contributed by atoms with Crippen LogP contribution < -0.4 is 14.7 Å². The number of aromatic nitrogens is 3. The maximum Gasteiger partial charge on any atom is 0.419 e. The Bertz CT molecular complexity index is 1190. The molecule has 1 aromatic carbocycles. The fraction of sp³-hybridized carbons (Fsp3) is 0.348. The largest absolute Gasteiger partial charge is 0.419 e. The molecule has 1 fully saturated rings. The lowest BCUT2D eigenvalue weighted by Crippen LogP contribution is -2.47. The standard InChI is InChI=1S/C23H23ClF4N6O/c1-32(11-12-35)22-30-19(15-4-5-18(25)17(24)13-15)14-20(31-22)33-7-9-34(10-8-33)21-16(23(26,27)28)3-2-6-29-21/h2-6,13-14,35H,7-12H2,1H3. The van der Waals surface area contributed by atoms with Gasteiger partial charge in [-0.05, 0) is 30.3 Å². The summed E-state index contributed by atoms with van der Waals surface area (Å²) in [6, 6.07) is 8.31. The van der Waals surface area contributed by atoms with Crippen molar-refractivity contribution >= 4 is 29.2 Å². The van der Waals surface area contributed by atoms with Gasteiger partial charge >= 0.3 is 6.18 Å². The molecular formula is C23H23ClF4N6O. The molecule has 1 aliphatic heterocycles. The van der Waals surface area contributed by atoms with Crippen molar-refractivity contribution in [1.29, 1.82) is 0 Å². The van der Waals surface area contributed by atoms with Gasteiger partial charge in [0, 0.05) is 57.6 Å². The Hall–Kier alpha value is -3.18. The summed E-state index contributed by atoms with van der Waals surface area (Å²) in [5.41, 5.74) is 0.322. The Morgan fingerprint density at radius 1 is 1.06 bits per heavy atom. The van der Waals surface area contributed by atoms with Crippen LogP contribution in [0, 0.1) is 5.82 Å². The van der Waals surface area contributed by atoms with Gasteiger partial charge in [-0.25, -0.2) is 14.4 Å². The van der Waals surface area contributed by atoms with Gasteiger partial charge in [-0.15, -0.1) is 0 Å². The number of alkyl halides is 3. The van der Waals surface area contributed by atoms with Crippen LogP contribution in [0.4, 0.5) is 35.1 Å². The average Bonchev–Trinajstić information content (AvgIpc) is 2.85. The van der Waals surface area contributed by atoms with Crippen molar-refractivity contribution in [2.24, 2.45) is 0 Å².